The Bertz CT molecular complexity index is 786. The van der Waals surface area contributed by atoms with Crippen LogP contribution in [0.5, 0.6) is 0 Å². The first-order valence-electron chi connectivity index (χ1n) is 11.0. The molecule has 1 aromatic carbocycles. The van der Waals surface area contributed by atoms with Gasteiger partial charge in [0.25, 0.3) is 0 Å². The van der Waals surface area contributed by atoms with Crippen LogP contribution in [0.1, 0.15) is 44.2 Å². The van der Waals surface area contributed by atoms with Gasteiger partial charge in [0.05, 0.1) is 6.61 Å². The van der Waals surface area contributed by atoms with Gasteiger partial charge in [-0.25, -0.2) is 4.79 Å². The molecule has 0 N–H and O–H groups in total. The van der Waals surface area contributed by atoms with Crippen LogP contribution in [0.25, 0.3) is 0 Å². The molecule has 0 aliphatic carbocycles. The molecule has 1 spiro atoms. The third kappa shape index (κ3) is 3.75. The number of benzene rings is 1. The molecular formula is C23H33N3O3. The Morgan fingerprint density at radius 3 is 2.66 bits per heavy atom. The lowest BCUT2D eigenvalue weighted by molar-refractivity contribution is -0.116. The molecule has 3 aliphatic rings. The highest BCUT2D eigenvalue weighted by atomic mass is 16.6. The zero-order valence-electron chi connectivity index (χ0n) is 17.9. The van der Waals surface area contributed by atoms with E-state index >= 15 is 0 Å². The van der Waals surface area contributed by atoms with Crippen LogP contribution in [0.3, 0.4) is 0 Å². The van der Waals surface area contributed by atoms with Crippen LogP contribution in [-0.4, -0.2) is 67.7 Å². The Morgan fingerprint density at radius 2 is 1.97 bits per heavy atom. The molecule has 2 saturated heterocycles. The summed E-state index contributed by atoms with van der Waals surface area (Å²) in [6, 6.07) is 6.35. The molecule has 4 rings (SSSR count). The topological polar surface area (TPSA) is 53.1 Å². The van der Waals surface area contributed by atoms with Gasteiger partial charge in [-0.3, -0.25) is 4.79 Å². The molecule has 2 amide bonds. The highest BCUT2D eigenvalue weighted by Gasteiger charge is 2.46. The fourth-order valence-corrected chi connectivity index (χ4v) is 5.61. The first-order valence-corrected chi connectivity index (χ1v) is 11.0. The average Bonchev–Trinajstić information content (AvgIpc) is 3.28. The number of ether oxygens (including phenoxy) is 1. The molecule has 6 heteroatoms. The quantitative estimate of drug-likeness (QED) is 0.783. The first kappa shape index (κ1) is 20.2. The molecule has 158 valence electrons. The maximum atomic E-state index is 12.2. The number of hydrogen-bond acceptors (Lipinski definition) is 4. The summed E-state index contributed by atoms with van der Waals surface area (Å²) in [6.07, 6.45) is 3.06. The number of nitrogens with zero attached hydrogens (tertiary/aromatic N) is 3. The zero-order chi connectivity index (χ0) is 20.6. The molecule has 0 radical (unpaired) electrons. The highest BCUT2D eigenvalue weighted by molar-refractivity contribution is 5.95. The van der Waals surface area contributed by atoms with E-state index < -0.39 is 0 Å². The molecule has 1 aromatic rings. The van der Waals surface area contributed by atoms with E-state index in [0.717, 1.165) is 64.2 Å². The van der Waals surface area contributed by atoms with Gasteiger partial charge in [-0.2, -0.15) is 0 Å². The summed E-state index contributed by atoms with van der Waals surface area (Å²) in [5, 5.41) is 0. The van der Waals surface area contributed by atoms with Crippen LogP contribution < -0.4 is 4.90 Å². The first-order chi connectivity index (χ1) is 13.9. The van der Waals surface area contributed by atoms with Crippen molar-refractivity contribution in [2.24, 2.45) is 5.92 Å². The fourth-order valence-electron chi connectivity index (χ4n) is 5.61. The largest absolute Gasteiger partial charge is 0.450 e. The minimum absolute atomic E-state index is 0.0927. The van der Waals surface area contributed by atoms with Gasteiger partial charge in [-0.15, -0.1) is 0 Å². The van der Waals surface area contributed by atoms with E-state index in [0.29, 0.717) is 12.5 Å². The minimum atomic E-state index is -0.171. The Labute approximate surface area is 173 Å². The third-order valence-corrected chi connectivity index (χ3v) is 7.05. The van der Waals surface area contributed by atoms with Crippen LogP contribution in [-0.2, 0) is 14.9 Å². The number of carbonyl (C=O) groups is 2. The summed E-state index contributed by atoms with van der Waals surface area (Å²) in [4.78, 5) is 30.6. The summed E-state index contributed by atoms with van der Waals surface area (Å²) < 4.78 is 5.14. The third-order valence-electron chi connectivity index (χ3n) is 7.05. The van der Waals surface area contributed by atoms with Crippen molar-refractivity contribution in [1.82, 2.24) is 9.80 Å². The van der Waals surface area contributed by atoms with Gasteiger partial charge in [0.15, 0.2) is 0 Å². The lowest BCUT2D eigenvalue weighted by atomic mass is 9.72. The predicted molar refractivity (Wildman–Crippen MR) is 113 cm³/mol. The fraction of sp³-hybridized carbons (Fsp3) is 0.652. The van der Waals surface area contributed by atoms with Crippen molar-refractivity contribution >= 4 is 17.7 Å². The number of carbonyl (C=O) groups excluding carboxylic acids is 2. The number of anilines is 1. The van der Waals surface area contributed by atoms with E-state index in [1.807, 2.05) is 16.7 Å². The molecule has 0 aromatic heterocycles. The smallest absolute Gasteiger partial charge is 0.409 e. The lowest BCUT2D eigenvalue weighted by Gasteiger charge is -2.41. The van der Waals surface area contributed by atoms with Crippen molar-refractivity contribution in [3.8, 4) is 0 Å². The molecule has 3 heterocycles. The van der Waals surface area contributed by atoms with Crippen LogP contribution in [0, 0.1) is 12.8 Å². The van der Waals surface area contributed by atoms with Gasteiger partial charge >= 0.3 is 6.09 Å². The predicted octanol–water partition coefficient (Wildman–Crippen LogP) is 3.17. The number of piperidine rings is 1. The molecule has 2 fully saturated rings. The molecule has 0 bridgehead atoms. The Morgan fingerprint density at radius 1 is 1.21 bits per heavy atom. The number of fused-ring (bicyclic) bond motifs is 2. The number of likely N-dealkylation sites (tertiary alicyclic amines) is 2. The van der Waals surface area contributed by atoms with Crippen molar-refractivity contribution in [2.45, 2.75) is 45.4 Å². The molecule has 3 aliphatic heterocycles. The maximum absolute atomic E-state index is 12.2. The molecule has 0 saturated carbocycles. The van der Waals surface area contributed by atoms with E-state index in [4.69, 9.17) is 4.74 Å². The second-order valence-corrected chi connectivity index (χ2v) is 8.95. The zero-order valence-corrected chi connectivity index (χ0v) is 17.9. The molecule has 0 unspecified atom stereocenters. The second-order valence-electron chi connectivity index (χ2n) is 8.95. The average molecular weight is 400 g/mol. The maximum Gasteiger partial charge on any atom is 0.409 e. The van der Waals surface area contributed by atoms with Gasteiger partial charge < -0.3 is 19.4 Å². The van der Waals surface area contributed by atoms with Crippen molar-refractivity contribution in [3.63, 3.8) is 0 Å². The summed E-state index contributed by atoms with van der Waals surface area (Å²) in [5.74, 6) is 0.668. The van der Waals surface area contributed by atoms with Crippen LogP contribution in [0.4, 0.5) is 10.5 Å². The second kappa shape index (κ2) is 7.98. The standard InChI is InChI=1S/C23H33N3O3/c1-4-29-22(28)25-11-8-19(15-25)14-24-12-9-23(10-13-24)16-26(18(3)27)20-7-5-6-17(2)21(20)23/h5-7,19H,4,8-16H2,1-3H3/t19-/m1/s1. The van der Waals surface area contributed by atoms with Crippen molar-refractivity contribution in [1.29, 1.82) is 0 Å². The molecule has 29 heavy (non-hydrogen) atoms. The van der Waals surface area contributed by atoms with E-state index in [1.54, 1.807) is 6.92 Å². The van der Waals surface area contributed by atoms with E-state index in [1.165, 1.54) is 11.1 Å². The van der Waals surface area contributed by atoms with Gasteiger partial charge in [-0.1, -0.05) is 12.1 Å². The minimum Gasteiger partial charge on any atom is -0.450 e. The Hall–Kier alpha value is -2.08. The molecular weight excluding hydrogens is 366 g/mol. The highest BCUT2D eigenvalue weighted by Crippen LogP contribution is 2.48. The SMILES string of the molecule is CCOC(=O)N1CC[C@H](CN2CCC3(CC2)CN(C(C)=O)c2cccc(C)c23)C1. The summed E-state index contributed by atoms with van der Waals surface area (Å²) in [5.41, 5.74) is 3.91. The van der Waals surface area contributed by atoms with Crippen molar-refractivity contribution < 1.29 is 14.3 Å². The van der Waals surface area contributed by atoms with E-state index in [2.05, 4.69) is 30.0 Å². The van der Waals surface area contributed by atoms with Gasteiger partial charge in [0.2, 0.25) is 5.91 Å². The van der Waals surface area contributed by atoms with Crippen LogP contribution >= 0.6 is 0 Å². The van der Waals surface area contributed by atoms with Crippen LogP contribution in [0.15, 0.2) is 18.2 Å². The molecule has 1 atom stereocenters. The molecule has 6 nitrogen and oxygen atoms in total. The van der Waals surface area contributed by atoms with Gasteiger partial charge in [0.1, 0.15) is 0 Å². The number of aryl methyl sites for hydroxylation is 1. The van der Waals surface area contributed by atoms with E-state index in [9.17, 15) is 9.59 Å². The number of hydrogen-bond donors (Lipinski definition) is 0. The van der Waals surface area contributed by atoms with E-state index in [-0.39, 0.29) is 17.4 Å². The summed E-state index contributed by atoms with van der Waals surface area (Å²) in [7, 11) is 0. The lowest BCUT2D eigenvalue weighted by Crippen LogP contribution is -2.47. The van der Waals surface area contributed by atoms with Crippen molar-refractivity contribution in [3.05, 3.63) is 29.3 Å². The Balaban J connectivity index is 1.39. The van der Waals surface area contributed by atoms with Gasteiger partial charge in [-0.05, 0) is 69.3 Å². The van der Waals surface area contributed by atoms with Crippen molar-refractivity contribution in [2.75, 3.05) is 50.8 Å². The normalized spacial score (nSPS) is 23.5. The monoisotopic (exact) mass is 399 g/mol. The van der Waals surface area contributed by atoms with Crippen LogP contribution in [0.2, 0.25) is 0 Å². The summed E-state index contributed by atoms with van der Waals surface area (Å²) >= 11 is 0. The van der Waals surface area contributed by atoms with Gasteiger partial charge in [0, 0.05) is 44.2 Å². The number of rotatable bonds is 3. The summed E-state index contributed by atoms with van der Waals surface area (Å²) in [6.45, 7) is 11.7. The Kier molecular flexibility index (Phi) is 5.56. The number of amides is 2.